The molecule has 2 rings (SSSR count). The van der Waals surface area contributed by atoms with Crippen molar-refractivity contribution in [2.45, 2.75) is 31.3 Å². The monoisotopic (exact) mass is 282 g/mol. The average Bonchev–Trinajstić information content (AvgIpc) is 2.84. The number of nitrogens with one attached hydrogen (secondary N) is 2. The molecule has 0 unspecified atom stereocenters. The summed E-state index contributed by atoms with van der Waals surface area (Å²) in [6.45, 7) is 0. The second kappa shape index (κ2) is 5.59. The lowest BCUT2D eigenvalue weighted by atomic mass is 10.0. The van der Waals surface area contributed by atoms with Gasteiger partial charge in [-0.1, -0.05) is 11.6 Å². The standard InChI is InChI=1S/C13H15ClN2O3/c14-10-5-3-9(4-6-10)11(17)15-16-12(18)13(19)7-1-2-8-13/h3-6,19H,1-2,7-8H2,(H,15,17)(H,16,18). The van der Waals surface area contributed by atoms with Gasteiger partial charge in [-0.25, -0.2) is 0 Å². The van der Waals surface area contributed by atoms with E-state index in [1.54, 1.807) is 24.3 Å². The predicted molar refractivity (Wildman–Crippen MR) is 70.5 cm³/mol. The largest absolute Gasteiger partial charge is 0.380 e. The van der Waals surface area contributed by atoms with Gasteiger partial charge in [0.1, 0.15) is 5.60 Å². The Morgan fingerprint density at radius 1 is 1.11 bits per heavy atom. The van der Waals surface area contributed by atoms with Gasteiger partial charge in [-0.05, 0) is 49.9 Å². The van der Waals surface area contributed by atoms with E-state index >= 15 is 0 Å². The molecular weight excluding hydrogens is 268 g/mol. The number of hydrogen-bond donors (Lipinski definition) is 3. The Hall–Kier alpha value is -1.59. The normalized spacial score (nSPS) is 16.9. The lowest BCUT2D eigenvalue weighted by Gasteiger charge is -2.20. The Balaban J connectivity index is 1.90. The first kappa shape index (κ1) is 13.8. The first-order chi connectivity index (χ1) is 9.01. The molecule has 1 aliphatic rings. The van der Waals surface area contributed by atoms with Gasteiger partial charge >= 0.3 is 0 Å². The summed E-state index contributed by atoms with van der Waals surface area (Å²) in [7, 11) is 0. The Bertz CT molecular complexity index is 481. The van der Waals surface area contributed by atoms with E-state index in [-0.39, 0.29) is 0 Å². The molecule has 1 aliphatic carbocycles. The molecule has 3 N–H and O–H groups in total. The third kappa shape index (κ3) is 3.24. The summed E-state index contributed by atoms with van der Waals surface area (Å²) in [5, 5.41) is 10.5. The number of benzene rings is 1. The maximum atomic E-state index is 11.8. The zero-order chi connectivity index (χ0) is 13.9. The van der Waals surface area contributed by atoms with Crippen molar-refractivity contribution in [1.29, 1.82) is 0 Å². The molecule has 0 spiro atoms. The topological polar surface area (TPSA) is 78.4 Å². The van der Waals surface area contributed by atoms with E-state index in [1.165, 1.54) is 0 Å². The smallest absolute Gasteiger partial charge is 0.270 e. The third-order valence-electron chi connectivity index (χ3n) is 3.25. The first-order valence-electron chi connectivity index (χ1n) is 6.10. The second-order valence-corrected chi connectivity index (χ2v) is 5.09. The lowest BCUT2D eigenvalue weighted by Crippen LogP contribution is -2.52. The average molecular weight is 283 g/mol. The molecule has 2 amide bonds. The van der Waals surface area contributed by atoms with Crippen LogP contribution in [0.25, 0.3) is 0 Å². The van der Waals surface area contributed by atoms with Crippen LogP contribution in [-0.4, -0.2) is 22.5 Å². The second-order valence-electron chi connectivity index (χ2n) is 4.65. The number of hydrogen-bond acceptors (Lipinski definition) is 3. The van der Waals surface area contributed by atoms with Crippen molar-refractivity contribution in [2.24, 2.45) is 0 Å². The van der Waals surface area contributed by atoms with Crippen molar-refractivity contribution in [3.8, 4) is 0 Å². The van der Waals surface area contributed by atoms with Gasteiger partial charge < -0.3 is 5.11 Å². The van der Waals surface area contributed by atoms with E-state index in [9.17, 15) is 14.7 Å². The maximum absolute atomic E-state index is 11.8. The lowest BCUT2D eigenvalue weighted by molar-refractivity contribution is -0.139. The summed E-state index contributed by atoms with van der Waals surface area (Å²) < 4.78 is 0. The van der Waals surface area contributed by atoms with Crippen LogP contribution in [0.4, 0.5) is 0 Å². The summed E-state index contributed by atoms with van der Waals surface area (Å²) in [5.74, 6) is -1.01. The molecule has 0 atom stereocenters. The van der Waals surface area contributed by atoms with Crippen LogP contribution in [0.1, 0.15) is 36.0 Å². The molecule has 0 aromatic heterocycles. The van der Waals surface area contributed by atoms with Crippen LogP contribution in [0.5, 0.6) is 0 Å². The van der Waals surface area contributed by atoms with Crippen LogP contribution in [0.2, 0.25) is 5.02 Å². The van der Waals surface area contributed by atoms with Gasteiger partial charge in [0.15, 0.2) is 0 Å². The molecule has 19 heavy (non-hydrogen) atoms. The van der Waals surface area contributed by atoms with E-state index < -0.39 is 17.4 Å². The number of hydrazine groups is 1. The Morgan fingerprint density at radius 3 is 2.26 bits per heavy atom. The van der Waals surface area contributed by atoms with Gasteiger partial charge in [-0.2, -0.15) is 0 Å². The molecule has 1 aromatic rings. The fraction of sp³-hybridized carbons (Fsp3) is 0.385. The minimum atomic E-state index is -1.35. The molecule has 0 saturated heterocycles. The highest BCUT2D eigenvalue weighted by Gasteiger charge is 2.38. The van der Waals surface area contributed by atoms with Gasteiger partial charge in [-0.3, -0.25) is 20.4 Å². The highest BCUT2D eigenvalue weighted by atomic mass is 35.5. The van der Waals surface area contributed by atoms with Gasteiger partial charge in [0.2, 0.25) is 0 Å². The van der Waals surface area contributed by atoms with Gasteiger partial charge in [0.05, 0.1) is 0 Å². The molecular formula is C13H15ClN2O3. The zero-order valence-electron chi connectivity index (χ0n) is 10.3. The highest BCUT2D eigenvalue weighted by molar-refractivity contribution is 6.30. The van der Waals surface area contributed by atoms with Crippen molar-refractivity contribution < 1.29 is 14.7 Å². The fourth-order valence-electron chi connectivity index (χ4n) is 2.09. The van der Waals surface area contributed by atoms with Crippen LogP contribution in [0, 0.1) is 0 Å². The Kier molecular flexibility index (Phi) is 4.07. The van der Waals surface area contributed by atoms with Crippen LogP contribution >= 0.6 is 11.6 Å². The van der Waals surface area contributed by atoms with E-state index in [2.05, 4.69) is 10.9 Å². The third-order valence-corrected chi connectivity index (χ3v) is 3.50. The van der Waals surface area contributed by atoms with Crippen molar-refractivity contribution >= 4 is 23.4 Å². The Morgan fingerprint density at radius 2 is 1.68 bits per heavy atom. The highest BCUT2D eigenvalue weighted by Crippen LogP contribution is 2.29. The zero-order valence-corrected chi connectivity index (χ0v) is 11.0. The number of halogens is 1. The molecule has 102 valence electrons. The molecule has 1 saturated carbocycles. The van der Waals surface area contributed by atoms with Crippen LogP contribution in [-0.2, 0) is 4.79 Å². The van der Waals surface area contributed by atoms with Crippen molar-refractivity contribution in [3.05, 3.63) is 34.9 Å². The SMILES string of the molecule is O=C(NNC(=O)C1(O)CCCC1)c1ccc(Cl)cc1. The van der Waals surface area contributed by atoms with Crippen LogP contribution in [0.3, 0.4) is 0 Å². The predicted octanol–water partition coefficient (Wildman–Crippen LogP) is 1.41. The molecule has 0 heterocycles. The molecule has 6 heteroatoms. The van der Waals surface area contributed by atoms with E-state index in [4.69, 9.17) is 11.6 Å². The molecule has 0 aliphatic heterocycles. The number of carbonyl (C=O) groups is 2. The quantitative estimate of drug-likeness (QED) is 0.718. The first-order valence-corrected chi connectivity index (χ1v) is 6.48. The number of aliphatic hydroxyl groups is 1. The maximum Gasteiger partial charge on any atom is 0.270 e. The van der Waals surface area contributed by atoms with Crippen LogP contribution < -0.4 is 10.9 Å². The molecule has 5 nitrogen and oxygen atoms in total. The van der Waals surface area contributed by atoms with Crippen molar-refractivity contribution in [3.63, 3.8) is 0 Å². The van der Waals surface area contributed by atoms with Crippen molar-refractivity contribution in [1.82, 2.24) is 10.9 Å². The summed E-state index contributed by atoms with van der Waals surface area (Å²) in [5.41, 5.74) is 3.56. The molecule has 0 radical (unpaired) electrons. The summed E-state index contributed by atoms with van der Waals surface area (Å²) in [6.07, 6.45) is 2.48. The fourth-order valence-corrected chi connectivity index (χ4v) is 2.22. The van der Waals surface area contributed by atoms with Crippen molar-refractivity contribution in [2.75, 3.05) is 0 Å². The van der Waals surface area contributed by atoms with E-state index in [0.29, 0.717) is 23.4 Å². The summed E-state index contributed by atoms with van der Waals surface area (Å²) in [4.78, 5) is 23.5. The van der Waals surface area contributed by atoms with Gasteiger partial charge in [-0.15, -0.1) is 0 Å². The summed E-state index contributed by atoms with van der Waals surface area (Å²) >= 11 is 5.71. The van der Waals surface area contributed by atoms with E-state index in [0.717, 1.165) is 12.8 Å². The number of carbonyl (C=O) groups excluding carboxylic acids is 2. The van der Waals surface area contributed by atoms with Gasteiger partial charge in [0, 0.05) is 10.6 Å². The minimum Gasteiger partial charge on any atom is -0.380 e. The summed E-state index contributed by atoms with van der Waals surface area (Å²) in [6, 6.07) is 6.27. The molecule has 0 bridgehead atoms. The Labute approximate surface area is 115 Å². The van der Waals surface area contributed by atoms with E-state index in [1.807, 2.05) is 0 Å². The molecule has 1 fully saturated rings. The molecule has 1 aromatic carbocycles. The van der Waals surface area contributed by atoms with Gasteiger partial charge in [0.25, 0.3) is 11.8 Å². The number of amides is 2. The minimum absolute atomic E-state index is 0.378. The number of rotatable bonds is 2. The van der Waals surface area contributed by atoms with Crippen LogP contribution in [0.15, 0.2) is 24.3 Å².